The van der Waals surface area contributed by atoms with Crippen molar-refractivity contribution in [2.75, 3.05) is 18.4 Å². The Hall–Kier alpha value is -2.25. The molecule has 0 aromatic heterocycles. The second kappa shape index (κ2) is 9.30. The number of rotatable bonds is 4. The van der Waals surface area contributed by atoms with Crippen LogP contribution >= 0.6 is 27.5 Å². The highest BCUT2D eigenvalue weighted by Crippen LogP contribution is 2.28. The molecule has 1 aliphatic rings. The Labute approximate surface area is 177 Å². The van der Waals surface area contributed by atoms with Gasteiger partial charge in [0.1, 0.15) is 5.75 Å². The molecule has 8 heteroatoms. The number of amides is 3. The maximum Gasteiger partial charge on any atom is 0.317 e. The molecule has 2 aromatic rings. The number of likely N-dealkylation sites (tertiary alicyclic amines) is 1. The van der Waals surface area contributed by atoms with Crippen LogP contribution in [0.1, 0.15) is 18.4 Å². The van der Waals surface area contributed by atoms with Gasteiger partial charge in [-0.1, -0.05) is 39.7 Å². The van der Waals surface area contributed by atoms with Crippen molar-refractivity contribution in [2.45, 2.75) is 19.4 Å². The lowest BCUT2D eigenvalue weighted by Gasteiger charge is -2.31. The van der Waals surface area contributed by atoms with Gasteiger partial charge in [-0.05, 0) is 48.7 Å². The zero-order valence-electron chi connectivity index (χ0n) is 15.1. The number of piperidine rings is 1. The molecule has 3 amide bonds. The molecular weight excluding hydrogens is 446 g/mol. The molecule has 0 atom stereocenters. The number of halogens is 2. The van der Waals surface area contributed by atoms with Crippen LogP contribution in [0.25, 0.3) is 0 Å². The predicted molar refractivity (Wildman–Crippen MR) is 112 cm³/mol. The molecule has 148 valence electrons. The van der Waals surface area contributed by atoms with Crippen molar-refractivity contribution in [3.05, 3.63) is 57.5 Å². The van der Waals surface area contributed by atoms with Crippen LogP contribution < -0.4 is 10.6 Å². The topological polar surface area (TPSA) is 81.7 Å². The van der Waals surface area contributed by atoms with E-state index in [1.165, 1.54) is 12.1 Å². The van der Waals surface area contributed by atoms with Crippen LogP contribution in [-0.2, 0) is 11.3 Å². The second-order valence-corrected chi connectivity index (χ2v) is 8.05. The summed E-state index contributed by atoms with van der Waals surface area (Å²) in [7, 11) is 0. The third-order valence-electron chi connectivity index (χ3n) is 4.70. The molecule has 0 radical (unpaired) electrons. The highest BCUT2D eigenvalue weighted by atomic mass is 79.9. The minimum Gasteiger partial charge on any atom is -0.506 e. The number of nitrogens with one attached hydrogen (secondary N) is 2. The molecule has 1 saturated heterocycles. The van der Waals surface area contributed by atoms with E-state index < -0.39 is 0 Å². The summed E-state index contributed by atoms with van der Waals surface area (Å²) in [6.45, 7) is 1.46. The van der Waals surface area contributed by atoms with Crippen LogP contribution in [0.5, 0.6) is 5.75 Å². The fourth-order valence-electron chi connectivity index (χ4n) is 3.12. The van der Waals surface area contributed by atoms with Crippen molar-refractivity contribution in [1.82, 2.24) is 10.2 Å². The average molecular weight is 467 g/mol. The smallest absolute Gasteiger partial charge is 0.317 e. The molecule has 0 unspecified atom stereocenters. The summed E-state index contributed by atoms with van der Waals surface area (Å²) in [5, 5.41) is 15.9. The third-order valence-corrected chi connectivity index (χ3v) is 5.43. The number of aromatic hydroxyl groups is 1. The monoisotopic (exact) mass is 465 g/mol. The van der Waals surface area contributed by atoms with E-state index in [0.717, 1.165) is 10.0 Å². The lowest BCUT2D eigenvalue weighted by Crippen LogP contribution is -2.45. The van der Waals surface area contributed by atoms with E-state index in [0.29, 0.717) is 43.2 Å². The van der Waals surface area contributed by atoms with Gasteiger partial charge in [-0.3, -0.25) is 4.79 Å². The van der Waals surface area contributed by atoms with Crippen molar-refractivity contribution in [1.29, 1.82) is 0 Å². The molecular formula is C20H21BrClN3O3. The summed E-state index contributed by atoms with van der Waals surface area (Å²) in [5.41, 5.74) is 1.31. The van der Waals surface area contributed by atoms with E-state index in [4.69, 9.17) is 11.6 Å². The van der Waals surface area contributed by atoms with Crippen LogP contribution in [0.4, 0.5) is 10.5 Å². The summed E-state index contributed by atoms with van der Waals surface area (Å²) in [5.74, 6) is -0.415. The van der Waals surface area contributed by atoms with Gasteiger partial charge in [0.15, 0.2) is 0 Å². The average Bonchev–Trinajstić information content (AvgIpc) is 2.69. The van der Waals surface area contributed by atoms with Gasteiger partial charge in [0.2, 0.25) is 5.91 Å². The Kier molecular flexibility index (Phi) is 6.80. The Morgan fingerprint density at radius 1 is 1.18 bits per heavy atom. The summed E-state index contributed by atoms with van der Waals surface area (Å²) < 4.78 is 0.969. The number of anilines is 1. The minimum absolute atomic E-state index is 0.0258. The number of hydrogen-bond donors (Lipinski definition) is 3. The van der Waals surface area contributed by atoms with Crippen molar-refractivity contribution in [2.24, 2.45) is 5.92 Å². The third kappa shape index (κ3) is 5.39. The van der Waals surface area contributed by atoms with E-state index in [2.05, 4.69) is 26.6 Å². The normalized spacial score (nSPS) is 14.6. The van der Waals surface area contributed by atoms with E-state index >= 15 is 0 Å². The van der Waals surface area contributed by atoms with Crippen LogP contribution in [0, 0.1) is 5.92 Å². The number of phenols is 1. The lowest BCUT2D eigenvalue weighted by molar-refractivity contribution is -0.121. The highest BCUT2D eigenvalue weighted by Gasteiger charge is 2.27. The number of phenolic OH excluding ortho intramolecular Hbond substituents is 1. The van der Waals surface area contributed by atoms with E-state index in [1.807, 2.05) is 24.3 Å². The Bertz CT molecular complexity index is 870. The molecule has 0 spiro atoms. The number of benzene rings is 2. The van der Waals surface area contributed by atoms with Crippen molar-refractivity contribution in [3.63, 3.8) is 0 Å². The van der Waals surface area contributed by atoms with Gasteiger partial charge in [0, 0.05) is 35.0 Å². The Morgan fingerprint density at radius 2 is 1.93 bits per heavy atom. The van der Waals surface area contributed by atoms with Gasteiger partial charge in [-0.15, -0.1) is 0 Å². The van der Waals surface area contributed by atoms with Crippen LogP contribution in [0.15, 0.2) is 46.9 Å². The number of carbonyl (C=O) groups is 2. The first kappa shape index (κ1) is 20.5. The van der Waals surface area contributed by atoms with Crippen molar-refractivity contribution < 1.29 is 14.7 Å². The molecule has 0 bridgehead atoms. The van der Waals surface area contributed by atoms with E-state index in [9.17, 15) is 14.7 Å². The maximum absolute atomic E-state index is 12.5. The van der Waals surface area contributed by atoms with Gasteiger partial charge < -0.3 is 20.6 Å². The molecule has 1 heterocycles. The molecule has 3 rings (SSSR count). The van der Waals surface area contributed by atoms with Gasteiger partial charge in [-0.2, -0.15) is 0 Å². The summed E-state index contributed by atoms with van der Waals surface area (Å²) in [6.07, 6.45) is 1.13. The number of hydrogen-bond acceptors (Lipinski definition) is 3. The number of urea groups is 1. The van der Waals surface area contributed by atoms with Crippen LogP contribution in [0.3, 0.4) is 0 Å². The van der Waals surface area contributed by atoms with Gasteiger partial charge in [-0.25, -0.2) is 4.79 Å². The first-order valence-corrected chi connectivity index (χ1v) is 10.2. The predicted octanol–water partition coefficient (Wildman–Crippen LogP) is 4.37. The molecule has 3 N–H and O–H groups in total. The summed E-state index contributed by atoms with van der Waals surface area (Å²) in [6, 6.07) is 12.1. The fraction of sp³-hybridized carbons (Fsp3) is 0.300. The SMILES string of the molecule is O=C(Nc1cc(Cl)ccc1O)C1CCN(C(=O)NCc2cccc(Br)c2)CC1. The maximum atomic E-state index is 12.5. The van der Waals surface area contributed by atoms with Crippen molar-refractivity contribution >= 4 is 45.2 Å². The zero-order chi connectivity index (χ0) is 20.1. The molecule has 6 nitrogen and oxygen atoms in total. The Morgan fingerprint density at radius 3 is 2.64 bits per heavy atom. The molecule has 0 aliphatic carbocycles. The van der Waals surface area contributed by atoms with Crippen molar-refractivity contribution in [3.8, 4) is 5.75 Å². The zero-order valence-corrected chi connectivity index (χ0v) is 17.5. The van der Waals surface area contributed by atoms with Gasteiger partial charge in [0.05, 0.1) is 5.69 Å². The van der Waals surface area contributed by atoms with Gasteiger partial charge >= 0.3 is 6.03 Å². The Balaban J connectivity index is 1.47. The summed E-state index contributed by atoms with van der Waals surface area (Å²) >= 11 is 9.32. The molecule has 28 heavy (non-hydrogen) atoms. The van der Waals surface area contributed by atoms with Crippen LogP contribution in [0.2, 0.25) is 5.02 Å². The highest BCUT2D eigenvalue weighted by molar-refractivity contribution is 9.10. The summed E-state index contributed by atoms with van der Waals surface area (Å²) in [4.78, 5) is 26.5. The minimum atomic E-state index is -0.215. The quantitative estimate of drug-likeness (QED) is 0.585. The van der Waals surface area contributed by atoms with Gasteiger partial charge in [0.25, 0.3) is 0 Å². The number of nitrogens with zero attached hydrogens (tertiary/aromatic N) is 1. The molecule has 2 aromatic carbocycles. The van der Waals surface area contributed by atoms with E-state index in [1.54, 1.807) is 11.0 Å². The van der Waals surface area contributed by atoms with E-state index in [-0.39, 0.29) is 23.6 Å². The standard InChI is InChI=1S/C20H21BrClN3O3/c21-15-3-1-2-13(10-15)12-23-20(28)25-8-6-14(7-9-25)19(27)24-17-11-16(22)4-5-18(17)26/h1-5,10-11,14,26H,6-9,12H2,(H,23,28)(H,24,27). The first-order chi connectivity index (χ1) is 13.4. The fourth-order valence-corrected chi connectivity index (χ4v) is 3.74. The van der Waals surface area contributed by atoms with Crippen LogP contribution in [-0.4, -0.2) is 35.0 Å². The second-order valence-electron chi connectivity index (χ2n) is 6.70. The lowest BCUT2D eigenvalue weighted by atomic mass is 9.96. The molecule has 1 aliphatic heterocycles. The molecule has 1 fully saturated rings. The number of carbonyl (C=O) groups excluding carboxylic acids is 2. The largest absolute Gasteiger partial charge is 0.506 e. The first-order valence-electron chi connectivity index (χ1n) is 8.99. The molecule has 0 saturated carbocycles.